The van der Waals surface area contributed by atoms with E-state index in [0.717, 1.165) is 54.9 Å². The molecule has 2 aromatic carbocycles. The highest BCUT2D eigenvalue weighted by Crippen LogP contribution is 2.27. The summed E-state index contributed by atoms with van der Waals surface area (Å²) in [7, 11) is 2.18. The van der Waals surface area contributed by atoms with Crippen LogP contribution < -0.4 is 5.32 Å². The van der Waals surface area contributed by atoms with Crippen LogP contribution in [0.25, 0.3) is 0 Å². The molecule has 0 aliphatic carbocycles. The van der Waals surface area contributed by atoms with E-state index >= 15 is 0 Å². The molecule has 1 saturated heterocycles. The van der Waals surface area contributed by atoms with Crippen molar-refractivity contribution in [2.75, 3.05) is 45.1 Å². The van der Waals surface area contributed by atoms with Gasteiger partial charge in [0, 0.05) is 42.9 Å². The molecule has 150 valence electrons. The third-order valence-corrected chi connectivity index (χ3v) is 6.13. The Hall–Kier alpha value is -1.69. The van der Waals surface area contributed by atoms with Crippen LogP contribution in [0, 0.1) is 0 Å². The quantitative estimate of drug-likeness (QED) is 0.727. The molecule has 1 N–H and O–H groups in total. The average Bonchev–Trinajstić information content (AvgIpc) is 2.68. The minimum atomic E-state index is -0.607. The summed E-state index contributed by atoms with van der Waals surface area (Å²) in [6, 6.07) is 16.2. The summed E-state index contributed by atoms with van der Waals surface area (Å²) < 4.78 is 0.982. The SMILES string of the molecule is CN1CCN(CCc2ccc(NC(=O)C(C)(C)c3cccc(Br)c3)cc2)CC1. The maximum Gasteiger partial charge on any atom is 0.234 e. The van der Waals surface area contributed by atoms with Crippen LogP contribution in [0.2, 0.25) is 0 Å². The zero-order valence-corrected chi connectivity index (χ0v) is 18.6. The van der Waals surface area contributed by atoms with Crippen molar-refractivity contribution in [1.29, 1.82) is 0 Å². The van der Waals surface area contributed by atoms with Gasteiger partial charge >= 0.3 is 0 Å². The van der Waals surface area contributed by atoms with Gasteiger partial charge in [0.15, 0.2) is 0 Å². The summed E-state index contributed by atoms with van der Waals surface area (Å²) >= 11 is 3.49. The fourth-order valence-electron chi connectivity index (χ4n) is 3.41. The van der Waals surface area contributed by atoms with Crippen molar-refractivity contribution in [3.8, 4) is 0 Å². The minimum absolute atomic E-state index is 0.00390. The molecule has 28 heavy (non-hydrogen) atoms. The zero-order chi connectivity index (χ0) is 20.1. The second-order valence-electron chi connectivity index (χ2n) is 8.18. The van der Waals surface area contributed by atoms with E-state index in [1.165, 1.54) is 5.56 Å². The van der Waals surface area contributed by atoms with E-state index in [1.807, 2.05) is 50.2 Å². The highest BCUT2D eigenvalue weighted by atomic mass is 79.9. The van der Waals surface area contributed by atoms with Crippen molar-refractivity contribution in [2.24, 2.45) is 0 Å². The third kappa shape index (κ3) is 5.43. The first-order valence-electron chi connectivity index (χ1n) is 9.92. The molecule has 1 heterocycles. The molecule has 3 rings (SSSR count). The summed E-state index contributed by atoms with van der Waals surface area (Å²) in [4.78, 5) is 17.8. The highest BCUT2D eigenvalue weighted by molar-refractivity contribution is 9.10. The monoisotopic (exact) mass is 443 g/mol. The smallest absolute Gasteiger partial charge is 0.234 e. The standard InChI is InChI=1S/C23H30BrN3O/c1-23(2,19-5-4-6-20(24)17-19)22(28)25-21-9-7-18(8-10-21)11-12-27-15-13-26(3)14-16-27/h4-10,17H,11-16H2,1-3H3,(H,25,28). The minimum Gasteiger partial charge on any atom is -0.325 e. The van der Waals surface area contributed by atoms with Gasteiger partial charge in [-0.2, -0.15) is 0 Å². The van der Waals surface area contributed by atoms with Gasteiger partial charge in [-0.3, -0.25) is 4.79 Å². The number of anilines is 1. The molecule has 0 atom stereocenters. The molecule has 0 spiro atoms. The molecule has 0 aromatic heterocycles. The van der Waals surface area contributed by atoms with Crippen molar-refractivity contribution in [2.45, 2.75) is 25.7 Å². The lowest BCUT2D eigenvalue weighted by Gasteiger charge is -2.32. The number of likely N-dealkylation sites (N-methyl/N-ethyl adjacent to an activating group) is 1. The van der Waals surface area contributed by atoms with Gasteiger partial charge in [-0.15, -0.1) is 0 Å². The second-order valence-corrected chi connectivity index (χ2v) is 9.10. The predicted molar refractivity (Wildman–Crippen MR) is 120 cm³/mol. The molecule has 5 heteroatoms. The van der Waals surface area contributed by atoms with E-state index in [0.29, 0.717) is 0 Å². The number of amides is 1. The lowest BCUT2D eigenvalue weighted by Crippen LogP contribution is -2.45. The number of hydrogen-bond donors (Lipinski definition) is 1. The van der Waals surface area contributed by atoms with Gasteiger partial charge in [0.2, 0.25) is 5.91 Å². The lowest BCUT2D eigenvalue weighted by molar-refractivity contribution is -0.120. The van der Waals surface area contributed by atoms with Crippen LogP contribution in [0.3, 0.4) is 0 Å². The van der Waals surface area contributed by atoms with Gasteiger partial charge < -0.3 is 15.1 Å². The topological polar surface area (TPSA) is 35.6 Å². The van der Waals surface area contributed by atoms with Gasteiger partial charge in [0.05, 0.1) is 5.41 Å². The number of hydrogen-bond acceptors (Lipinski definition) is 3. The fourth-order valence-corrected chi connectivity index (χ4v) is 3.81. The van der Waals surface area contributed by atoms with Gasteiger partial charge in [0.1, 0.15) is 0 Å². The number of rotatable bonds is 6. The Morgan fingerprint density at radius 1 is 1.07 bits per heavy atom. The molecular weight excluding hydrogens is 414 g/mol. The van der Waals surface area contributed by atoms with Crippen molar-refractivity contribution < 1.29 is 4.79 Å². The van der Waals surface area contributed by atoms with Crippen LogP contribution in [-0.4, -0.2) is 55.5 Å². The van der Waals surface area contributed by atoms with Crippen LogP contribution >= 0.6 is 15.9 Å². The van der Waals surface area contributed by atoms with Crippen molar-refractivity contribution in [3.63, 3.8) is 0 Å². The number of halogens is 1. The van der Waals surface area contributed by atoms with Crippen LogP contribution in [0.15, 0.2) is 53.0 Å². The Labute approximate surface area is 177 Å². The summed E-state index contributed by atoms with van der Waals surface area (Å²) in [6.07, 6.45) is 1.04. The number of benzene rings is 2. The average molecular weight is 444 g/mol. The number of nitrogens with one attached hydrogen (secondary N) is 1. The highest BCUT2D eigenvalue weighted by Gasteiger charge is 2.30. The molecule has 1 aliphatic rings. The van der Waals surface area contributed by atoms with Crippen molar-refractivity contribution in [1.82, 2.24) is 9.80 Å². The van der Waals surface area contributed by atoms with Gasteiger partial charge in [0.25, 0.3) is 0 Å². The van der Waals surface area contributed by atoms with Crippen LogP contribution in [0.1, 0.15) is 25.0 Å². The summed E-state index contributed by atoms with van der Waals surface area (Å²) in [5, 5.41) is 3.07. The molecule has 1 fully saturated rings. The van der Waals surface area contributed by atoms with Crippen molar-refractivity contribution >= 4 is 27.5 Å². The molecule has 0 radical (unpaired) electrons. The summed E-state index contributed by atoms with van der Waals surface area (Å²) in [5.74, 6) is -0.00390. The number of piperazine rings is 1. The van der Waals surface area contributed by atoms with E-state index in [2.05, 4.69) is 50.2 Å². The Morgan fingerprint density at radius 2 is 1.75 bits per heavy atom. The first-order valence-corrected chi connectivity index (χ1v) is 10.7. The maximum atomic E-state index is 12.9. The molecular formula is C23H30BrN3O. The number of carbonyl (C=O) groups excluding carboxylic acids is 1. The summed E-state index contributed by atoms with van der Waals surface area (Å²) in [5.41, 5.74) is 2.53. The van der Waals surface area contributed by atoms with E-state index in [1.54, 1.807) is 0 Å². The second kappa shape index (κ2) is 9.21. The molecule has 1 aliphatic heterocycles. The Morgan fingerprint density at radius 3 is 2.39 bits per heavy atom. The Kier molecular flexibility index (Phi) is 6.91. The first kappa shape index (κ1) is 21.0. The van der Waals surface area contributed by atoms with Crippen LogP contribution in [0.4, 0.5) is 5.69 Å². The zero-order valence-electron chi connectivity index (χ0n) is 17.0. The van der Waals surface area contributed by atoms with E-state index in [4.69, 9.17) is 0 Å². The van der Waals surface area contributed by atoms with E-state index in [-0.39, 0.29) is 5.91 Å². The molecule has 4 nitrogen and oxygen atoms in total. The summed E-state index contributed by atoms with van der Waals surface area (Å²) in [6.45, 7) is 9.60. The van der Waals surface area contributed by atoms with Gasteiger partial charge in [-0.1, -0.05) is 40.2 Å². The van der Waals surface area contributed by atoms with Gasteiger partial charge in [-0.05, 0) is 62.7 Å². The van der Waals surface area contributed by atoms with Gasteiger partial charge in [-0.25, -0.2) is 0 Å². The maximum absolute atomic E-state index is 12.9. The number of carbonyl (C=O) groups is 1. The molecule has 2 aromatic rings. The lowest BCUT2D eigenvalue weighted by atomic mass is 9.83. The predicted octanol–water partition coefficient (Wildman–Crippen LogP) is 4.16. The van der Waals surface area contributed by atoms with Crippen LogP contribution in [-0.2, 0) is 16.6 Å². The number of nitrogens with zero attached hydrogens (tertiary/aromatic N) is 2. The van der Waals surface area contributed by atoms with Crippen LogP contribution in [0.5, 0.6) is 0 Å². The normalized spacial score (nSPS) is 16.1. The molecule has 0 saturated carbocycles. The first-order chi connectivity index (χ1) is 13.3. The third-order valence-electron chi connectivity index (χ3n) is 5.64. The van der Waals surface area contributed by atoms with E-state index in [9.17, 15) is 4.79 Å². The largest absolute Gasteiger partial charge is 0.325 e. The fraction of sp³-hybridized carbons (Fsp3) is 0.435. The van der Waals surface area contributed by atoms with Crippen molar-refractivity contribution in [3.05, 3.63) is 64.1 Å². The Balaban J connectivity index is 1.55. The molecule has 0 bridgehead atoms. The van der Waals surface area contributed by atoms with E-state index < -0.39 is 5.41 Å². The molecule has 0 unspecified atom stereocenters. The molecule has 1 amide bonds. The Bertz CT molecular complexity index is 796.